The molecule has 3 heteroatoms. The van der Waals surface area contributed by atoms with E-state index in [0.717, 1.165) is 6.42 Å². The van der Waals surface area contributed by atoms with Gasteiger partial charge < -0.3 is 10.4 Å². The van der Waals surface area contributed by atoms with Gasteiger partial charge in [0, 0.05) is 13.4 Å². The Morgan fingerprint density at radius 2 is 2.45 bits per heavy atom. The Bertz CT molecular complexity index is 174. The summed E-state index contributed by atoms with van der Waals surface area (Å²) in [5.41, 5.74) is -0.144. The second kappa shape index (κ2) is 2.81. The molecule has 1 aliphatic carbocycles. The third-order valence-corrected chi connectivity index (χ3v) is 2.57. The number of aliphatic hydroxyl groups is 1. The molecule has 0 aromatic carbocycles. The Hall–Kier alpha value is -0.570. The van der Waals surface area contributed by atoms with Crippen LogP contribution in [0.2, 0.25) is 0 Å². The molecule has 0 bridgehead atoms. The van der Waals surface area contributed by atoms with E-state index >= 15 is 0 Å². The molecule has 1 amide bonds. The minimum Gasteiger partial charge on any atom is -0.395 e. The number of hydrogen-bond acceptors (Lipinski definition) is 2. The van der Waals surface area contributed by atoms with E-state index < -0.39 is 0 Å². The lowest BCUT2D eigenvalue weighted by Gasteiger charge is -2.09. The van der Waals surface area contributed by atoms with E-state index in [1.165, 1.54) is 0 Å². The molecule has 0 aromatic heterocycles. The molecule has 11 heavy (non-hydrogen) atoms. The Balaban J connectivity index is 0.00000121. The summed E-state index contributed by atoms with van der Waals surface area (Å²) >= 11 is 0. The Morgan fingerprint density at radius 3 is 2.82 bits per heavy atom. The van der Waals surface area contributed by atoms with Crippen LogP contribution in [0.5, 0.6) is 0 Å². The second-order valence-corrected chi connectivity index (χ2v) is 3.50. The molecule has 2 N–H and O–H groups in total. The van der Waals surface area contributed by atoms with Gasteiger partial charge in [0.2, 0.25) is 5.91 Å². The minimum absolute atomic E-state index is 0. The third kappa shape index (κ3) is 1.53. The van der Waals surface area contributed by atoms with Crippen molar-refractivity contribution in [2.45, 2.75) is 20.3 Å². The second-order valence-electron chi connectivity index (χ2n) is 3.50. The maximum atomic E-state index is 11.3. The summed E-state index contributed by atoms with van der Waals surface area (Å²) in [5, 5.41) is 11.1. The fraction of sp³-hybridized carbons (Fsp3) is 0.875. The molecular formula is C8H17NO2. The van der Waals surface area contributed by atoms with Crippen molar-refractivity contribution < 1.29 is 11.3 Å². The predicted octanol–water partition coefficient (Wildman–Crippen LogP) is 0.387. The lowest BCUT2D eigenvalue weighted by atomic mass is 10.1. The highest BCUT2D eigenvalue weighted by Gasteiger charge is 2.52. The maximum Gasteiger partial charge on any atom is 0.226 e. The van der Waals surface area contributed by atoms with Crippen molar-refractivity contribution in [1.82, 2.24) is 5.32 Å². The van der Waals surface area contributed by atoms with Crippen molar-refractivity contribution in [3.63, 3.8) is 0 Å². The predicted molar refractivity (Wildman–Crippen MR) is 44.1 cm³/mol. The molecule has 2 unspecified atom stereocenters. The number of hydrogen-bond donors (Lipinski definition) is 2. The van der Waals surface area contributed by atoms with Crippen molar-refractivity contribution in [1.29, 1.82) is 0 Å². The van der Waals surface area contributed by atoms with Gasteiger partial charge in [-0.05, 0) is 12.3 Å². The van der Waals surface area contributed by atoms with E-state index in [9.17, 15) is 4.79 Å². The summed E-state index contributed by atoms with van der Waals surface area (Å²) in [7, 11) is 0. The number of nitrogens with one attached hydrogen (secondary N) is 1. The van der Waals surface area contributed by atoms with Crippen LogP contribution in [0.3, 0.4) is 0 Å². The number of aliphatic hydroxyl groups excluding tert-OH is 1. The topological polar surface area (TPSA) is 49.3 Å². The lowest BCUT2D eigenvalue weighted by molar-refractivity contribution is -0.126. The monoisotopic (exact) mass is 159 g/mol. The number of rotatable bonds is 3. The fourth-order valence-corrected chi connectivity index (χ4v) is 1.26. The number of carbonyl (C=O) groups is 1. The van der Waals surface area contributed by atoms with E-state index in [1.807, 2.05) is 6.92 Å². The largest absolute Gasteiger partial charge is 0.395 e. The molecule has 0 spiro atoms. The van der Waals surface area contributed by atoms with Crippen LogP contribution in [-0.2, 0) is 4.79 Å². The van der Waals surface area contributed by atoms with E-state index in [4.69, 9.17) is 5.11 Å². The van der Waals surface area contributed by atoms with Crippen LogP contribution in [0.15, 0.2) is 0 Å². The van der Waals surface area contributed by atoms with Crippen molar-refractivity contribution in [2.75, 3.05) is 13.2 Å². The van der Waals surface area contributed by atoms with Gasteiger partial charge in [-0.25, -0.2) is 0 Å². The quantitative estimate of drug-likeness (QED) is 0.625. The number of amides is 1. The van der Waals surface area contributed by atoms with Crippen molar-refractivity contribution in [2.24, 2.45) is 11.3 Å². The van der Waals surface area contributed by atoms with Crippen molar-refractivity contribution in [3.05, 3.63) is 0 Å². The Labute approximate surface area is 68.3 Å². The average Bonchev–Trinajstić information content (AvgIpc) is 2.56. The molecule has 0 aliphatic heterocycles. The average molecular weight is 159 g/mol. The van der Waals surface area contributed by atoms with Crippen LogP contribution in [0.1, 0.15) is 21.7 Å². The molecule has 0 radical (unpaired) electrons. The van der Waals surface area contributed by atoms with Gasteiger partial charge >= 0.3 is 0 Å². The summed E-state index contributed by atoms with van der Waals surface area (Å²) < 4.78 is 0. The standard InChI is InChI=1S/C8H15NO2.H2/c1-6-5-8(6,2)7(11)9-3-4-10;/h6,10H,3-5H2,1-2H3,(H,9,11);1H. The van der Waals surface area contributed by atoms with Gasteiger partial charge in [0.05, 0.1) is 6.61 Å². The normalized spacial score (nSPS) is 35.0. The van der Waals surface area contributed by atoms with Crippen molar-refractivity contribution in [3.8, 4) is 0 Å². The summed E-state index contributed by atoms with van der Waals surface area (Å²) in [6.45, 7) is 4.43. The molecule has 2 atom stereocenters. The Morgan fingerprint density at radius 1 is 1.91 bits per heavy atom. The minimum atomic E-state index is -0.144. The number of carbonyl (C=O) groups excluding carboxylic acids is 1. The lowest BCUT2D eigenvalue weighted by Crippen LogP contribution is -2.33. The van der Waals surface area contributed by atoms with Crippen LogP contribution in [0.25, 0.3) is 0 Å². The van der Waals surface area contributed by atoms with Gasteiger partial charge in [-0.15, -0.1) is 0 Å². The van der Waals surface area contributed by atoms with Gasteiger partial charge in [-0.3, -0.25) is 4.79 Å². The highest BCUT2D eigenvalue weighted by Crippen LogP contribution is 2.51. The van der Waals surface area contributed by atoms with E-state index in [1.54, 1.807) is 0 Å². The molecule has 1 rings (SSSR count). The zero-order valence-corrected chi connectivity index (χ0v) is 7.05. The van der Waals surface area contributed by atoms with Crippen LogP contribution >= 0.6 is 0 Å². The Kier molecular flexibility index (Phi) is 2.18. The smallest absolute Gasteiger partial charge is 0.226 e. The summed E-state index contributed by atoms with van der Waals surface area (Å²) in [6, 6.07) is 0. The first kappa shape index (κ1) is 8.53. The third-order valence-electron chi connectivity index (χ3n) is 2.57. The van der Waals surface area contributed by atoms with Crippen LogP contribution in [-0.4, -0.2) is 24.2 Å². The van der Waals surface area contributed by atoms with E-state index in [2.05, 4.69) is 12.2 Å². The molecule has 1 aliphatic rings. The summed E-state index contributed by atoms with van der Waals surface area (Å²) in [6.07, 6.45) is 0.976. The first-order valence-electron chi connectivity index (χ1n) is 4.00. The van der Waals surface area contributed by atoms with Crippen LogP contribution in [0.4, 0.5) is 0 Å². The first-order chi connectivity index (χ1) is 5.11. The molecule has 0 aromatic rings. The maximum absolute atomic E-state index is 11.3. The van der Waals surface area contributed by atoms with Crippen molar-refractivity contribution >= 4 is 5.91 Å². The van der Waals surface area contributed by atoms with E-state index in [-0.39, 0.29) is 19.4 Å². The zero-order valence-electron chi connectivity index (χ0n) is 7.05. The molecule has 3 nitrogen and oxygen atoms in total. The van der Waals surface area contributed by atoms with Gasteiger partial charge in [0.15, 0.2) is 0 Å². The van der Waals surface area contributed by atoms with Gasteiger partial charge in [-0.2, -0.15) is 0 Å². The molecule has 0 saturated heterocycles. The molecule has 1 saturated carbocycles. The van der Waals surface area contributed by atoms with Gasteiger partial charge in [-0.1, -0.05) is 13.8 Å². The highest BCUT2D eigenvalue weighted by molar-refractivity contribution is 5.85. The van der Waals surface area contributed by atoms with Gasteiger partial charge in [0.1, 0.15) is 0 Å². The molecule has 0 heterocycles. The highest BCUT2D eigenvalue weighted by atomic mass is 16.3. The zero-order chi connectivity index (χ0) is 8.48. The van der Waals surface area contributed by atoms with Crippen LogP contribution < -0.4 is 5.32 Å². The summed E-state index contributed by atoms with van der Waals surface area (Å²) in [5.74, 6) is 0.584. The molecule has 1 fully saturated rings. The fourth-order valence-electron chi connectivity index (χ4n) is 1.26. The molecular weight excluding hydrogens is 142 g/mol. The molecule has 66 valence electrons. The first-order valence-corrected chi connectivity index (χ1v) is 4.00. The SMILES string of the molecule is CC1CC1(C)C(=O)NCCO.[HH]. The van der Waals surface area contributed by atoms with Crippen LogP contribution in [0, 0.1) is 11.3 Å². The summed E-state index contributed by atoms with van der Waals surface area (Å²) in [4.78, 5) is 11.3. The van der Waals surface area contributed by atoms with Gasteiger partial charge in [0.25, 0.3) is 0 Å². The van der Waals surface area contributed by atoms with E-state index in [0.29, 0.717) is 12.5 Å².